The number of hydrogen-bond acceptors (Lipinski definition) is 6. The molecule has 0 aromatic heterocycles. The van der Waals surface area contributed by atoms with Gasteiger partial charge in [-0.25, -0.2) is 8.42 Å². The van der Waals surface area contributed by atoms with Gasteiger partial charge in [-0.05, 0) is 7.05 Å². The standard InChI is InChI=1S/C12H16N2O5S/c1-13(6-7-20(2,18)19)9-12(15)10-4-3-5-11(8-10)14(16)17/h3-5,8H,6-7,9H2,1-2H3. The van der Waals surface area contributed by atoms with Gasteiger partial charge >= 0.3 is 0 Å². The summed E-state index contributed by atoms with van der Waals surface area (Å²) in [5, 5.41) is 10.6. The average molecular weight is 300 g/mol. The van der Waals surface area contributed by atoms with E-state index >= 15 is 0 Å². The number of nitrogens with zero attached hydrogens (tertiary/aromatic N) is 2. The Balaban J connectivity index is 2.67. The number of rotatable bonds is 7. The maximum atomic E-state index is 11.9. The van der Waals surface area contributed by atoms with Crippen LogP contribution in [-0.4, -0.2) is 56.2 Å². The van der Waals surface area contributed by atoms with Crippen LogP contribution in [0.25, 0.3) is 0 Å². The van der Waals surface area contributed by atoms with E-state index in [2.05, 4.69) is 0 Å². The summed E-state index contributed by atoms with van der Waals surface area (Å²) in [6, 6.07) is 5.47. The molecular formula is C12H16N2O5S. The normalized spacial score (nSPS) is 11.6. The van der Waals surface area contributed by atoms with Gasteiger partial charge in [-0.15, -0.1) is 0 Å². The molecule has 7 nitrogen and oxygen atoms in total. The summed E-state index contributed by atoms with van der Waals surface area (Å²) in [5.41, 5.74) is 0.0973. The Morgan fingerprint density at radius 2 is 2.05 bits per heavy atom. The maximum absolute atomic E-state index is 11.9. The lowest BCUT2D eigenvalue weighted by molar-refractivity contribution is -0.384. The molecule has 0 saturated carbocycles. The van der Waals surface area contributed by atoms with Gasteiger partial charge in [-0.3, -0.25) is 19.8 Å². The summed E-state index contributed by atoms with van der Waals surface area (Å²) in [6.07, 6.45) is 1.13. The third-order valence-electron chi connectivity index (χ3n) is 2.64. The van der Waals surface area contributed by atoms with Crippen LogP contribution in [0.4, 0.5) is 5.69 Å². The predicted octanol–water partition coefficient (Wildman–Crippen LogP) is 0.754. The van der Waals surface area contributed by atoms with E-state index in [0.717, 1.165) is 6.26 Å². The van der Waals surface area contributed by atoms with Crippen LogP contribution in [0, 0.1) is 10.1 Å². The van der Waals surface area contributed by atoms with Crippen LogP contribution in [0.15, 0.2) is 24.3 Å². The minimum atomic E-state index is -3.08. The molecular weight excluding hydrogens is 284 g/mol. The Labute approximate surface area is 117 Å². The van der Waals surface area contributed by atoms with Gasteiger partial charge in [-0.2, -0.15) is 0 Å². The number of Topliss-reactive ketones (excluding diaryl/α,β-unsaturated/α-hetero) is 1. The van der Waals surface area contributed by atoms with Gasteiger partial charge in [0.2, 0.25) is 0 Å². The van der Waals surface area contributed by atoms with Crippen molar-refractivity contribution in [3.63, 3.8) is 0 Å². The van der Waals surface area contributed by atoms with Crippen molar-refractivity contribution in [1.82, 2.24) is 4.90 Å². The zero-order chi connectivity index (χ0) is 15.3. The number of benzene rings is 1. The molecule has 1 aromatic rings. The Morgan fingerprint density at radius 1 is 1.40 bits per heavy atom. The second kappa shape index (κ2) is 6.58. The van der Waals surface area contributed by atoms with Gasteiger partial charge in [-0.1, -0.05) is 12.1 Å². The van der Waals surface area contributed by atoms with E-state index in [1.54, 1.807) is 11.9 Å². The highest BCUT2D eigenvalue weighted by atomic mass is 32.2. The summed E-state index contributed by atoms with van der Waals surface area (Å²) in [5.74, 6) is -0.323. The van der Waals surface area contributed by atoms with E-state index in [9.17, 15) is 23.3 Å². The Kier molecular flexibility index (Phi) is 5.34. The number of nitro benzene ring substituents is 1. The molecule has 8 heteroatoms. The lowest BCUT2D eigenvalue weighted by Gasteiger charge is -2.14. The second-order valence-electron chi connectivity index (χ2n) is 4.60. The molecule has 0 fully saturated rings. The molecule has 0 amide bonds. The van der Waals surface area contributed by atoms with Crippen molar-refractivity contribution < 1.29 is 18.1 Å². The number of hydrogen-bond donors (Lipinski definition) is 0. The maximum Gasteiger partial charge on any atom is 0.270 e. The highest BCUT2D eigenvalue weighted by molar-refractivity contribution is 7.90. The van der Waals surface area contributed by atoms with Gasteiger partial charge in [0.25, 0.3) is 5.69 Å². The molecule has 0 bridgehead atoms. The number of sulfone groups is 1. The van der Waals surface area contributed by atoms with Crippen LogP contribution in [0.5, 0.6) is 0 Å². The second-order valence-corrected chi connectivity index (χ2v) is 6.86. The van der Waals surface area contributed by atoms with Gasteiger partial charge in [0.05, 0.1) is 17.2 Å². The third-order valence-corrected chi connectivity index (χ3v) is 3.56. The van der Waals surface area contributed by atoms with Crippen molar-refractivity contribution in [3.8, 4) is 0 Å². The summed E-state index contributed by atoms with van der Waals surface area (Å²) >= 11 is 0. The molecule has 1 rings (SSSR count). The lowest BCUT2D eigenvalue weighted by atomic mass is 10.1. The molecule has 0 aliphatic rings. The molecule has 1 aromatic carbocycles. The van der Waals surface area contributed by atoms with E-state index in [4.69, 9.17) is 0 Å². The number of non-ortho nitro benzene ring substituents is 1. The van der Waals surface area contributed by atoms with Gasteiger partial charge < -0.3 is 0 Å². The van der Waals surface area contributed by atoms with E-state index in [0.29, 0.717) is 0 Å². The highest BCUT2D eigenvalue weighted by Crippen LogP contribution is 2.13. The molecule has 0 atom stereocenters. The van der Waals surface area contributed by atoms with Crippen LogP contribution in [-0.2, 0) is 9.84 Å². The first-order valence-electron chi connectivity index (χ1n) is 5.83. The fraction of sp³-hybridized carbons (Fsp3) is 0.417. The van der Waals surface area contributed by atoms with Crippen molar-refractivity contribution in [3.05, 3.63) is 39.9 Å². The van der Waals surface area contributed by atoms with Crippen LogP contribution in [0.1, 0.15) is 10.4 Å². The smallest absolute Gasteiger partial charge is 0.270 e. The Morgan fingerprint density at radius 3 is 2.60 bits per heavy atom. The molecule has 20 heavy (non-hydrogen) atoms. The quantitative estimate of drug-likeness (QED) is 0.419. The minimum absolute atomic E-state index is 0.0106. The predicted molar refractivity (Wildman–Crippen MR) is 74.6 cm³/mol. The van der Waals surface area contributed by atoms with Crippen molar-refractivity contribution in [2.24, 2.45) is 0 Å². The van der Waals surface area contributed by atoms with Crippen molar-refractivity contribution in [1.29, 1.82) is 0 Å². The fourth-order valence-electron chi connectivity index (χ4n) is 1.53. The first-order valence-corrected chi connectivity index (χ1v) is 7.89. The van der Waals surface area contributed by atoms with E-state index in [1.165, 1.54) is 24.3 Å². The van der Waals surface area contributed by atoms with E-state index in [1.807, 2.05) is 0 Å². The van der Waals surface area contributed by atoms with Crippen LogP contribution < -0.4 is 0 Å². The van der Waals surface area contributed by atoms with Gasteiger partial charge in [0, 0.05) is 30.5 Å². The van der Waals surface area contributed by atoms with Crippen LogP contribution >= 0.6 is 0 Å². The van der Waals surface area contributed by atoms with E-state index < -0.39 is 14.8 Å². The molecule has 0 heterocycles. The number of carbonyl (C=O) groups excluding carboxylic acids is 1. The van der Waals surface area contributed by atoms with Crippen LogP contribution in [0.2, 0.25) is 0 Å². The first-order chi connectivity index (χ1) is 9.19. The van der Waals surface area contributed by atoms with Gasteiger partial charge in [0.15, 0.2) is 5.78 Å². The Bertz CT molecular complexity index is 612. The zero-order valence-corrected chi connectivity index (χ0v) is 12.1. The average Bonchev–Trinajstić information content (AvgIpc) is 2.35. The fourth-order valence-corrected chi connectivity index (χ4v) is 2.17. The van der Waals surface area contributed by atoms with Crippen LogP contribution in [0.3, 0.4) is 0 Å². The molecule has 0 aliphatic carbocycles. The Hall–Kier alpha value is -1.80. The molecule has 0 spiro atoms. The van der Waals surface area contributed by atoms with Crippen molar-refractivity contribution >= 4 is 21.3 Å². The molecule has 0 N–H and O–H groups in total. The van der Waals surface area contributed by atoms with Crippen molar-refractivity contribution in [2.45, 2.75) is 0 Å². The first kappa shape index (κ1) is 16.3. The monoisotopic (exact) mass is 300 g/mol. The highest BCUT2D eigenvalue weighted by Gasteiger charge is 2.14. The lowest BCUT2D eigenvalue weighted by Crippen LogP contribution is -2.30. The van der Waals surface area contributed by atoms with Crippen molar-refractivity contribution in [2.75, 3.05) is 32.1 Å². The third kappa shape index (κ3) is 5.45. The van der Waals surface area contributed by atoms with Gasteiger partial charge in [0.1, 0.15) is 9.84 Å². The number of carbonyl (C=O) groups is 1. The number of ketones is 1. The number of likely N-dealkylation sites (N-methyl/N-ethyl adjacent to an activating group) is 1. The SMILES string of the molecule is CN(CCS(C)(=O)=O)CC(=O)c1cccc([N+](=O)[O-])c1. The summed E-state index contributed by atoms with van der Waals surface area (Å²) in [6.45, 7) is 0.246. The molecule has 0 aliphatic heterocycles. The number of nitro groups is 1. The molecule has 110 valence electrons. The minimum Gasteiger partial charge on any atom is -0.298 e. The topological polar surface area (TPSA) is 97.6 Å². The van der Waals surface area contributed by atoms with E-state index in [-0.39, 0.29) is 35.9 Å². The largest absolute Gasteiger partial charge is 0.298 e. The molecule has 0 saturated heterocycles. The summed E-state index contributed by atoms with van der Waals surface area (Å²) in [4.78, 5) is 23.6. The zero-order valence-electron chi connectivity index (χ0n) is 11.3. The summed E-state index contributed by atoms with van der Waals surface area (Å²) in [7, 11) is -1.45. The molecule has 0 unspecified atom stereocenters. The summed E-state index contributed by atoms with van der Waals surface area (Å²) < 4.78 is 22.0. The molecule has 0 radical (unpaired) electrons.